The Bertz CT molecular complexity index is 904. The highest BCUT2D eigenvalue weighted by molar-refractivity contribution is 6.03. The molecule has 6 nitrogen and oxygen atoms in total. The minimum Gasteiger partial charge on any atom is -0.497 e. The Labute approximate surface area is 152 Å². The Balaban J connectivity index is 1.96. The Morgan fingerprint density at radius 3 is 2.50 bits per heavy atom. The lowest BCUT2D eigenvalue weighted by molar-refractivity contribution is 0.102. The Morgan fingerprint density at radius 1 is 1.08 bits per heavy atom. The van der Waals surface area contributed by atoms with Crippen LogP contribution in [0.5, 0.6) is 11.5 Å². The molecular weight excluding hydrogens is 330 g/mol. The van der Waals surface area contributed by atoms with Gasteiger partial charge in [-0.1, -0.05) is 18.2 Å². The third-order valence-electron chi connectivity index (χ3n) is 4.03. The minimum absolute atomic E-state index is 0.253. The molecule has 134 valence electrons. The molecule has 3 rings (SSSR count). The van der Waals surface area contributed by atoms with E-state index in [4.69, 9.17) is 9.47 Å². The number of rotatable bonds is 6. The maximum Gasteiger partial charge on any atom is 0.276 e. The molecule has 0 saturated heterocycles. The summed E-state index contributed by atoms with van der Waals surface area (Å²) in [5.74, 6) is 1.11. The van der Waals surface area contributed by atoms with Crippen LogP contribution in [0.25, 0.3) is 11.3 Å². The van der Waals surface area contributed by atoms with E-state index < -0.39 is 0 Å². The van der Waals surface area contributed by atoms with Crippen LogP contribution in [-0.4, -0.2) is 29.9 Å². The van der Waals surface area contributed by atoms with Crippen molar-refractivity contribution in [3.8, 4) is 22.8 Å². The van der Waals surface area contributed by atoms with Crippen molar-refractivity contribution in [2.24, 2.45) is 0 Å². The van der Waals surface area contributed by atoms with E-state index >= 15 is 0 Å². The summed E-state index contributed by atoms with van der Waals surface area (Å²) in [6, 6.07) is 16.6. The average Bonchev–Trinajstić information content (AvgIpc) is 3.12. The van der Waals surface area contributed by atoms with Gasteiger partial charge in [0.1, 0.15) is 11.5 Å². The number of aromatic nitrogens is 2. The second-order valence-corrected chi connectivity index (χ2v) is 5.62. The van der Waals surface area contributed by atoms with E-state index in [0.717, 1.165) is 16.9 Å². The molecule has 1 N–H and O–H groups in total. The number of carbonyl (C=O) groups excluding carboxylic acids is 1. The summed E-state index contributed by atoms with van der Waals surface area (Å²) < 4.78 is 12.5. The van der Waals surface area contributed by atoms with Gasteiger partial charge in [-0.2, -0.15) is 5.10 Å². The number of carbonyl (C=O) groups is 1. The number of anilines is 1. The first kappa shape index (κ1) is 17.5. The summed E-state index contributed by atoms with van der Waals surface area (Å²) in [5, 5.41) is 7.29. The van der Waals surface area contributed by atoms with Crippen LogP contribution in [0, 0.1) is 0 Å². The average molecular weight is 351 g/mol. The lowest BCUT2D eigenvalue weighted by Crippen LogP contribution is -2.13. The highest BCUT2D eigenvalue weighted by atomic mass is 16.5. The third-order valence-corrected chi connectivity index (χ3v) is 4.03. The molecule has 2 aromatic carbocycles. The summed E-state index contributed by atoms with van der Waals surface area (Å²) in [6.45, 7) is 2.61. The zero-order valence-corrected chi connectivity index (χ0v) is 15.0. The Hall–Kier alpha value is -3.28. The van der Waals surface area contributed by atoms with Crippen molar-refractivity contribution in [3.63, 3.8) is 0 Å². The number of benzene rings is 2. The summed E-state index contributed by atoms with van der Waals surface area (Å²) in [5.41, 5.74) is 2.74. The third kappa shape index (κ3) is 3.54. The fourth-order valence-electron chi connectivity index (χ4n) is 2.71. The zero-order chi connectivity index (χ0) is 18.5. The van der Waals surface area contributed by atoms with Crippen LogP contribution in [0.2, 0.25) is 0 Å². The molecule has 1 heterocycles. The van der Waals surface area contributed by atoms with Crippen LogP contribution in [0.3, 0.4) is 0 Å². The Morgan fingerprint density at radius 2 is 1.85 bits per heavy atom. The van der Waals surface area contributed by atoms with E-state index in [1.54, 1.807) is 25.0 Å². The monoisotopic (exact) mass is 351 g/mol. The van der Waals surface area contributed by atoms with Crippen LogP contribution in [-0.2, 0) is 6.54 Å². The topological polar surface area (TPSA) is 65.4 Å². The molecule has 1 amide bonds. The van der Waals surface area contributed by atoms with Crippen LogP contribution < -0.4 is 14.8 Å². The fourth-order valence-corrected chi connectivity index (χ4v) is 2.71. The highest BCUT2D eigenvalue weighted by Crippen LogP contribution is 2.33. The molecule has 0 aliphatic heterocycles. The summed E-state index contributed by atoms with van der Waals surface area (Å²) >= 11 is 0. The fraction of sp³-hybridized carbons (Fsp3) is 0.200. The van der Waals surface area contributed by atoms with Crippen LogP contribution in [0.4, 0.5) is 5.69 Å². The van der Waals surface area contributed by atoms with Gasteiger partial charge in [0.25, 0.3) is 5.91 Å². The van der Waals surface area contributed by atoms with Gasteiger partial charge in [0, 0.05) is 23.9 Å². The number of ether oxygens (including phenoxy) is 2. The molecule has 26 heavy (non-hydrogen) atoms. The van der Waals surface area contributed by atoms with Gasteiger partial charge in [0.05, 0.1) is 19.9 Å². The van der Waals surface area contributed by atoms with Crippen LogP contribution >= 0.6 is 0 Å². The summed E-state index contributed by atoms with van der Waals surface area (Å²) in [6.07, 6.45) is 0. The van der Waals surface area contributed by atoms with Gasteiger partial charge in [0.15, 0.2) is 5.69 Å². The normalized spacial score (nSPS) is 10.4. The predicted octanol–water partition coefficient (Wildman–Crippen LogP) is 3.84. The molecular formula is C20H21N3O3. The van der Waals surface area contributed by atoms with Crippen molar-refractivity contribution in [1.82, 2.24) is 9.78 Å². The molecule has 0 radical (unpaired) electrons. The summed E-state index contributed by atoms with van der Waals surface area (Å²) in [7, 11) is 3.21. The zero-order valence-electron chi connectivity index (χ0n) is 15.0. The molecule has 0 aliphatic carbocycles. The number of nitrogens with zero attached hydrogens (tertiary/aromatic N) is 2. The molecule has 3 aromatic rings. The van der Waals surface area contributed by atoms with E-state index in [2.05, 4.69) is 10.4 Å². The van der Waals surface area contributed by atoms with E-state index in [-0.39, 0.29) is 5.91 Å². The molecule has 0 saturated carbocycles. The number of para-hydroxylation sites is 1. The second-order valence-electron chi connectivity index (χ2n) is 5.62. The number of hydrogen-bond donors (Lipinski definition) is 1. The molecule has 0 fully saturated rings. The molecule has 6 heteroatoms. The van der Waals surface area contributed by atoms with Gasteiger partial charge in [0.2, 0.25) is 0 Å². The van der Waals surface area contributed by atoms with Crippen molar-refractivity contribution in [3.05, 3.63) is 60.3 Å². The maximum atomic E-state index is 12.5. The first-order valence-electron chi connectivity index (χ1n) is 8.33. The molecule has 1 aromatic heterocycles. The van der Waals surface area contributed by atoms with Gasteiger partial charge in [-0.3, -0.25) is 9.48 Å². The number of methoxy groups -OCH3 is 2. The molecule has 0 aliphatic rings. The number of aryl methyl sites for hydroxylation is 1. The number of amides is 1. The number of hydrogen-bond acceptors (Lipinski definition) is 4. The first-order chi connectivity index (χ1) is 12.7. The van der Waals surface area contributed by atoms with Crippen LogP contribution in [0.1, 0.15) is 17.4 Å². The van der Waals surface area contributed by atoms with Gasteiger partial charge in [-0.15, -0.1) is 0 Å². The standard InChI is InChI=1S/C20H21N3O3/c1-4-23-18(16-11-10-15(25-2)12-19(16)26-3)13-17(22-23)20(24)21-14-8-6-5-7-9-14/h5-13H,4H2,1-3H3,(H,21,24). The summed E-state index contributed by atoms with van der Waals surface area (Å²) in [4.78, 5) is 12.5. The smallest absolute Gasteiger partial charge is 0.276 e. The van der Waals surface area contributed by atoms with Crippen molar-refractivity contribution >= 4 is 11.6 Å². The van der Waals surface area contributed by atoms with Crippen LogP contribution in [0.15, 0.2) is 54.6 Å². The van der Waals surface area contributed by atoms with Gasteiger partial charge in [-0.25, -0.2) is 0 Å². The van der Waals surface area contributed by atoms with Crippen molar-refractivity contribution in [2.45, 2.75) is 13.5 Å². The first-order valence-corrected chi connectivity index (χ1v) is 8.33. The SMILES string of the molecule is CCn1nc(C(=O)Nc2ccccc2)cc1-c1ccc(OC)cc1OC. The second kappa shape index (κ2) is 7.74. The molecule has 0 unspecified atom stereocenters. The van der Waals surface area contributed by atoms with Crippen molar-refractivity contribution in [1.29, 1.82) is 0 Å². The van der Waals surface area contributed by atoms with E-state index in [0.29, 0.717) is 23.7 Å². The lowest BCUT2D eigenvalue weighted by atomic mass is 10.1. The van der Waals surface area contributed by atoms with Crippen molar-refractivity contribution in [2.75, 3.05) is 19.5 Å². The minimum atomic E-state index is -0.253. The van der Waals surface area contributed by atoms with Gasteiger partial charge >= 0.3 is 0 Å². The quantitative estimate of drug-likeness (QED) is 0.733. The van der Waals surface area contributed by atoms with Gasteiger partial charge in [-0.05, 0) is 37.3 Å². The Kier molecular flexibility index (Phi) is 5.22. The van der Waals surface area contributed by atoms with Crippen molar-refractivity contribution < 1.29 is 14.3 Å². The van der Waals surface area contributed by atoms with E-state index in [1.807, 2.05) is 55.5 Å². The molecule has 0 bridgehead atoms. The molecule has 0 spiro atoms. The highest BCUT2D eigenvalue weighted by Gasteiger charge is 2.18. The predicted molar refractivity (Wildman–Crippen MR) is 101 cm³/mol. The maximum absolute atomic E-state index is 12.5. The van der Waals surface area contributed by atoms with E-state index in [1.165, 1.54) is 0 Å². The lowest BCUT2D eigenvalue weighted by Gasteiger charge is -2.11. The molecule has 0 atom stereocenters. The van der Waals surface area contributed by atoms with Gasteiger partial charge < -0.3 is 14.8 Å². The van der Waals surface area contributed by atoms with E-state index in [9.17, 15) is 4.79 Å². The number of nitrogens with one attached hydrogen (secondary N) is 1. The largest absolute Gasteiger partial charge is 0.497 e.